The third-order valence-corrected chi connectivity index (χ3v) is 2.82. The van der Waals surface area contributed by atoms with Gasteiger partial charge in [0.1, 0.15) is 17.4 Å². The van der Waals surface area contributed by atoms with Gasteiger partial charge in [0, 0.05) is 11.3 Å². The highest BCUT2D eigenvalue weighted by atomic mass is 19.1. The van der Waals surface area contributed by atoms with Crippen LogP contribution in [0.2, 0.25) is 0 Å². The molecule has 0 aliphatic heterocycles. The van der Waals surface area contributed by atoms with Gasteiger partial charge in [-0.15, -0.1) is 0 Å². The van der Waals surface area contributed by atoms with Gasteiger partial charge < -0.3 is 9.72 Å². The quantitative estimate of drug-likeness (QED) is 0.916. The smallest absolute Gasteiger partial charge is 0.266 e. The normalized spacial score (nSPS) is 10.2. The lowest BCUT2D eigenvalue weighted by molar-refractivity contribution is 0.385. The summed E-state index contributed by atoms with van der Waals surface area (Å²) in [6.45, 7) is 1.56. The molecule has 0 aliphatic carbocycles. The lowest BCUT2D eigenvalue weighted by Crippen LogP contribution is -2.13. The predicted molar refractivity (Wildman–Crippen MR) is 68.4 cm³/mol. The van der Waals surface area contributed by atoms with E-state index in [-0.39, 0.29) is 16.9 Å². The second kappa shape index (κ2) is 5.13. The maximum absolute atomic E-state index is 14.2. The summed E-state index contributed by atoms with van der Waals surface area (Å²) in [6, 6.07) is 5.17. The zero-order valence-electron chi connectivity index (χ0n) is 10.8. The number of aromatic amines is 1. The fourth-order valence-corrected chi connectivity index (χ4v) is 1.93. The van der Waals surface area contributed by atoms with E-state index in [0.29, 0.717) is 5.69 Å². The Morgan fingerprint density at radius 2 is 2.05 bits per heavy atom. The molecule has 4 nitrogen and oxygen atoms in total. The first-order valence-electron chi connectivity index (χ1n) is 5.66. The zero-order valence-corrected chi connectivity index (χ0v) is 10.8. The second-order valence-electron chi connectivity index (χ2n) is 4.12. The number of rotatable bonds is 2. The standard InChI is InChI=1S/C14H10F2N2O2/c1-7-5-8(9(6-17)14(19)18-7)12-10(15)3-4-11(20-2)13(12)16/h3-5H,1-2H3,(H,18,19). The third kappa shape index (κ3) is 2.14. The van der Waals surface area contributed by atoms with Crippen LogP contribution in [0.5, 0.6) is 5.75 Å². The van der Waals surface area contributed by atoms with E-state index >= 15 is 0 Å². The van der Waals surface area contributed by atoms with Crippen LogP contribution in [0.15, 0.2) is 23.0 Å². The summed E-state index contributed by atoms with van der Waals surface area (Å²) in [4.78, 5) is 14.1. The Kier molecular flexibility index (Phi) is 3.53. The van der Waals surface area contributed by atoms with Crippen molar-refractivity contribution in [2.24, 2.45) is 0 Å². The van der Waals surface area contributed by atoms with Gasteiger partial charge in [0.2, 0.25) is 0 Å². The van der Waals surface area contributed by atoms with Gasteiger partial charge in [0.25, 0.3) is 5.56 Å². The summed E-state index contributed by atoms with van der Waals surface area (Å²) in [7, 11) is 1.24. The Bertz CT molecular complexity index is 776. The largest absolute Gasteiger partial charge is 0.494 e. The van der Waals surface area contributed by atoms with Gasteiger partial charge in [-0.25, -0.2) is 8.78 Å². The molecule has 0 fully saturated rings. The summed E-state index contributed by atoms with van der Waals surface area (Å²) in [5.41, 5.74) is -1.19. The van der Waals surface area contributed by atoms with Crippen molar-refractivity contribution in [3.63, 3.8) is 0 Å². The molecule has 0 unspecified atom stereocenters. The highest BCUT2D eigenvalue weighted by molar-refractivity contribution is 5.72. The Morgan fingerprint density at radius 1 is 1.35 bits per heavy atom. The molecule has 2 rings (SSSR count). The van der Waals surface area contributed by atoms with Crippen molar-refractivity contribution in [1.82, 2.24) is 4.98 Å². The van der Waals surface area contributed by atoms with Crippen molar-refractivity contribution < 1.29 is 13.5 Å². The Morgan fingerprint density at radius 3 is 2.65 bits per heavy atom. The Balaban J connectivity index is 2.89. The van der Waals surface area contributed by atoms with Crippen molar-refractivity contribution in [1.29, 1.82) is 5.26 Å². The molecule has 0 atom stereocenters. The Hall–Kier alpha value is -2.68. The van der Waals surface area contributed by atoms with E-state index in [1.54, 1.807) is 13.0 Å². The molecule has 6 heteroatoms. The van der Waals surface area contributed by atoms with E-state index in [1.165, 1.54) is 13.2 Å². The van der Waals surface area contributed by atoms with Crippen molar-refractivity contribution in [2.75, 3.05) is 7.11 Å². The maximum atomic E-state index is 14.2. The monoisotopic (exact) mass is 276 g/mol. The number of aromatic nitrogens is 1. The minimum absolute atomic E-state index is 0.0948. The molecule has 0 saturated carbocycles. The van der Waals surface area contributed by atoms with Crippen LogP contribution in [0.3, 0.4) is 0 Å². The van der Waals surface area contributed by atoms with E-state index in [0.717, 1.165) is 12.1 Å². The predicted octanol–water partition coefficient (Wildman–Crippen LogP) is 2.51. The van der Waals surface area contributed by atoms with E-state index in [9.17, 15) is 13.6 Å². The van der Waals surface area contributed by atoms with E-state index in [1.807, 2.05) is 0 Å². The molecule has 1 aromatic heterocycles. The molecule has 0 aliphatic rings. The number of benzene rings is 1. The van der Waals surface area contributed by atoms with E-state index < -0.39 is 22.8 Å². The number of methoxy groups -OCH3 is 1. The molecule has 0 bridgehead atoms. The molecular weight excluding hydrogens is 266 g/mol. The first-order chi connectivity index (χ1) is 9.49. The highest BCUT2D eigenvalue weighted by Crippen LogP contribution is 2.32. The first-order valence-corrected chi connectivity index (χ1v) is 5.66. The highest BCUT2D eigenvalue weighted by Gasteiger charge is 2.20. The number of nitrogens with one attached hydrogen (secondary N) is 1. The first kappa shape index (κ1) is 13.7. The fraction of sp³-hybridized carbons (Fsp3) is 0.143. The number of hydrogen-bond acceptors (Lipinski definition) is 3. The SMILES string of the molecule is COc1ccc(F)c(-c2cc(C)[nH]c(=O)c2C#N)c1F. The summed E-state index contributed by atoms with van der Waals surface area (Å²) in [5, 5.41) is 9.01. The second-order valence-corrected chi connectivity index (χ2v) is 4.12. The number of ether oxygens (including phenoxy) is 1. The molecule has 2 aromatic rings. The number of H-pyrrole nitrogens is 1. The summed E-state index contributed by atoms with van der Waals surface area (Å²) in [5.74, 6) is -1.98. The van der Waals surface area contributed by atoms with Crippen LogP contribution in [-0.2, 0) is 0 Å². The molecular formula is C14H10F2N2O2. The van der Waals surface area contributed by atoms with Crippen molar-refractivity contribution in [3.05, 3.63) is 51.4 Å². The number of hydrogen-bond donors (Lipinski definition) is 1. The minimum atomic E-state index is -0.950. The van der Waals surface area contributed by atoms with Crippen LogP contribution in [0.4, 0.5) is 8.78 Å². The van der Waals surface area contributed by atoms with Gasteiger partial charge in [-0.3, -0.25) is 4.79 Å². The molecule has 20 heavy (non-hydrogen) atoms. The van der Waals surface area contributed by atoms with Gasteiger partial charge in [-0.05, 0) is 25.1 Å². The summed E-state index contributed by atoms with van der Waals surface area (Å²) >= 11 is 0. The lowest BCUT2D eigenvalue weighted by Gasteiger charge is -2.10. The van der Waals surface area contributed by atoms with Crippen molar-refractivity contribution in [3.8, 4) is 22.9 Å². The Labute approximate surface area is 113 Å². The fourth-order valence-electron chi connectivity index (χ4n) is 1.93. The lowest BCUT2D eigenvalue weighted by atomic mass is 9.99. The minimum Gasteiger partial charge on any atom is -0.494 e. The van der Waals surface area contributed by atoms with E-state index in [2.05, 4.69) is 4.98 Å². The molecule has 1 aromatic carbocycles. The topological polar surface area (TPSA) is 65.9 Å². The van der Waals surface area contributed by atoms with E-state index in [4.69, 9.17) is 10.00 Å². The van der Waals surface area contributed by atoms with Crippen molar-refractivity contribution >= 4 is 0 Å². The maximum Gasteiger partial charge on any atom is 0.266 e. The molecule has 0 spiro atoms. The molecule has 102 valence electrons. The molecule has 0 saturated heterocycles. The number of nitrogens with zero attached hydrogens (tertiary/aromatic N) is 1. The van der Waals surface area contributed by atoms with Crippen LogP contribution in [0.1, 0.15) is 11.3 Å². The van der Waals surface area contributed by atoms with Crippen LogP contribution >= 0.6 is 0 Å². The molecule has 0 radical (unpaired) electrons. The van der Waals surface area contributed by atoms with Gasteiger partial charge in [-0.2, -0.15) is 5.26 Å². The van der Waals surface area contributed by atoms with Gasteiger partial charge in [-0.1, -0.05) is 0 Å². The van der Waals surface area contributed by atoms with Crippen LogP contribution in [0.25, 0.3) is 11.1 Å². The van der Waals surface area contributed by atoms with Crippen molar-refractivity contribution in [2.45, 2.75) is 6.92 Å². The van der Waals surface area contributed by atoms with Gasteiger partial charge in [0.05, 0.1) is 12.7 Å². The zero-order chi connectivity index (χ0) is 14.9. The average Bonchev–Trinajstić information content (AvgIpc) is 2.38. The molecule has 1 N–H and O–H groups in total. The van der Waals surface area contributed by atoms with Crippen LogP contribution in [-0.4, -0.2) is 12.1 Å². The molecule has 0 amide bonds. The average molecular weight is 276 g/mol. The number of halogens is 2. The number of nitriles is 1. The van der Waals surface area contributed by atoms with Gasteiger partial charge in [0.15, 0.2) is 11.6 Å². The van der Waals surface area contributed by atoms with Crippen LogP contribution < -0.4 is 10.3 Å². The summed E-state index contributed by atoms with van der Waals surface area (Å²) in [6.07, 6.45) is 0. The molecule has 1 heterocycles. The number of pyridine rings is 1. The number of aryl methyl sites for hydroxylation is 1. The summed E-state index contributed by atoms with van der Waals surface area (Å²) < 4.78 is 32.9. The van der Waals surface area contributed by atoms with Gasteiger partial charge >= 0.3 is 0 Å². The third-order valence-electron chi connectivity index (χ3n) is 2.82. The van der Waals surface area contributed by atoms with Crippen LogP contribution in [0, 0.1) is 29.9 Å².